The van der Waals surface area contributed by atoms with Gasteiger partial charge in [0.15, 0.2) is 0 Å². The zero-order valence-electron chi connectivity index (χ0n) is 7.63. The third-order valence-corrected chi connectivity index (χ3v) is 2.48. The number of methoxy groups -OCH3 is 1. The zero-order valence-corrected chi connectivity index (χ0v) is 9.78. The van der Waals surface area contributed by atoms with Gasteiger partial charge in [-0.2, -0.15) is 0 Å². The van der Waals surface area contributed by atoms with E-state index in [-0.39, 0.29) is 0 Å². The second-order valence-corrected chi connectivity index (χ2v) is 3.79. The van der Waals surface area contributed by atoms with Crippen molar-refractivity contribution >= 4 is 22.6 Å². The lowest BCUT2D eigenvalue weighted by Crippen LogP contribution is -2.02. The summed E-state index contributed by atoms with van der Waals surface area (Å²) < 4.78 is 11.6. The Bertz CT molecular complexity index is 250. The number of halogens is 1. The molecular weight excluding hydrogens is 279 g/mol. The van der Waals surface area contributed by atoms with Gasteiger partial charge in [-0.05, 0) is 34.7 Å². The van der Waals surface area contributed by atoms with Gasteiger partial charge in [-0.15, -0.1) is 0 Å². The Morgan fingerprint density at radius 2 is 2.00 bits per heavy atom. The van der Waals surface area contributed by atoms with Crippen LogP contribution in [-0.2, 0) is 4.74 Å². The Kier molecular flexibility index (Phi) is 5.15. The Morgan fingerprint density at radius 3 is 2.69 bits per heavy atom. The van der Waals surface area contributed by atoms with E-state index in [4.69, 9.17) is 9.47 Å². The molecule has 2 nitrogen and oxygen atoms in total. The van der Waals surface area contributed by atoms with Crippen molar-refractivity contribution in [1.29, 1.82) is 0 Å². The van der Waals surface area contributed by atoms with Crippen molar-refractivity contribution in [3.05, 3.63) is 27.8 Å². The minimum atomic E-state index is 0.716. The molecule has 0 fully saturated rings. The van der Waals surface area contributed by atoms with Crippen LogP contribution in [-0.4, -0.2) is 20.3 Å². The highest BCUT2D eigenvalue weighted by Crippen LogP contribution is 2.19. The first-order valence-electron chi connectivity index (χ1n) is 4.21. The molecule has 0 amide bonds. The summed E-state index contributed by atoms with van der Waals surface area (Å²) in [5.74, 6) is 0.958. The van der Waals surface area contributed by atoms with Gasteiger partial charge in [0.25, 0.3) is 0 Å². The highest BCUT2D eigenvalue weighted by molar-refractivity contribution is 14.1. The first-order chi connectivity index (χ1) is 6.34. The molecule has 1 aromatic rings. The predicted molar refractivity (Wildman–Crippen MR) is 61.1 cm³/mol. The van der Waals surface area contributed by atoms with Crippen molar-refractivity contribution in [2.24, 2.45) is 0 Å². The van der Waals surface area contributed by atoms with Crippen molar-refractivity contribution in [3.8, 4) is 5.75 Å². The van der Waals surface area contributed by atoms with Crippen LogP contribution in [0.25, 0.3) is 0 Å². The van der Waals surface area contributed by atoms with E-state index < -0.39 is 0 Å². The second kappa shape index (κ2) is 6.21. The molecule has 1 rings (SSSR count). The average Bonchev–Trinajstić information content (AvgIpc) is 2.15. The Hall–Kier alpha value is -0.290. The molecule has 0 N–H and O–H groups in total. The Labute approximate surface area is 92.4 Å². The van der Waals surface area contributed by atoms with Gasteiger partial charge in [0, 0.05) is 20.1 Å². The lowest BCUT2D eigenvalue weighted by molar-refractivity contribution is 0.172. The third-order valence-electron chi connectivity index (χ3n) is 1.59. The van der Waals surface area contributed by atoms with Gasteiger partial charge in [0.05, 0.1) is 10.2 Å². The molecule has 0 spiro atoms. The molecule has 0 heterocycles. The van der Waals surface area contributed by atoms with E-state index in [1.807, 2.05) is 24.3 Å². The minimum Gasteiger partial charge on any atom is -0.492 e. The maximum absolute atomic E-state index is 5.55. The molecule has 3 heteroatoms. The Morgan fingerprint density at radius 1 is 1.23 bits per heavy atom. The molecular formula is C10H13IO2. The van der Waals surface area contributed by atoms with E-state index in [1.54, 1.807) is 7.11 Å². The summed E-state index contributed by atoms with van der Waals surface area (Å²) >= 11 is 2.27. The second-order valence-electron chi connectivity index (χ2n) is 2.63. The fourth-order valence-electron chi connectivity index (χ4n) is 0.947. The monoisotopic (exact) mass is 292 g/mol. The summed E-state index contributed by atoms with van der Waals surface area (Å²) in [7, 11) is 1.70. The highest BCUT2D eigenvalue weighted by Gasteiger charge is 1.97. The maximum Gasteiger partial charge on any atom is 0.132 e. The van der Waals surface area contributed by atoms with Crippen LogP contribution < -0.4 is 4.74 Å². The fraction of sp³-hybridized carbons (Fsp3) is 0.400. The van der Waals surface area contributed by atoms with E-state index in [0.717, 1.165) is 22.3 Å². The first kappa shape index (κ1) is 10.8. The molecule has 0 radical (unpaired) electrons. The molecule has 1 aromatic carbocycles. The van der Waals surface area contributed by atoms with Gasteiger partial charge in [-0.3, -0.25) is 0 Å². The normalized spacial score (nSPS) is 10.0. The van der Waals surface area contributed by atoms with E-state index in [0.29, 0.717) is 6.61 Å². The summed E-state index contributed by atoms with van der Waals surface area (Å²) in [4.78, 5) is 0. The largest absolute Gasteiger partial charge is 0.492 e. The van der Waals surface area contributed by atoms with Crippen molar-refractivity contribution in [3.63, 3.8) is 0 Å². The molecule has 0 saturated carbocycles. The van der Waals surface area contributed by atoms with Gasteiger partial charge >= 0.3 is 0 Å². The molecule has 0 aliphatic heterocycles. The lowest BCUT2D eigenvalue weighted by atomic mass is 10.3. The number of para-hydroxylation sites is 1. The van der Waals surface area contributed by atoms with Crippen molar-refractivity contribution in [1.82, 2.24) is 0 Å². The maximum atomic E-state index is 5.55. The van der Waals surface area contributed by atoms with Gasteiger partial charge in [0.2, 0.25) is 0 Å². The molecule has 13 heavy (non-hydrogen) atoms. The van der Waals surface area contributed by atoms with E-state index in [1.165, 1.54) is 0 Å². The minimum absolute atomic E-state index is 0.716. The molecule has 0 bridgehead atoms. The molecule has 0 unspecified atom stereocenters. The van der Waals surface area contributed by atoms with E-state index >= 15 is 0 Å². The number of rotatable bonds is 5. The molecule has 72 valence electrons. The van der Waals surface area contributed by atoms with Crippen LogP contribution in [0.1, 0.15) is 6.42 Å². The number of benzene rings is 1. The van der Waals surface area contributed by atoms with Crippen LogP contribution in [0.3, 0.4) is 0 Å². The molecule has 0 aliphatic carbocycles. The lowest BCUT2D eigenvalue weighted by Gasteiger charge is -2.06. The summed E-state index contributed by atoms with van der Waals surface area (Å²) in [6.45, 7) is 1.47. The summed E-state index contributed by atoms with van der Waals surface area (Å²) in [6, 6.07) is 8.00. The van der Waals surface area contributed by atoms with E-state index in [9.17, 15) is 0 Å². The summed E-state index contributed by atoms with van der Waals surface area (Å²) in [6.07, 6.45) is 0.932. The molecule has 0 atom stereocenters. The van der Waals surface area contributed by atoms with Gasteiger partial charge in [-0.25, -0.2) is 0 Å². The van der Waals surface area contributed by atoms with Crippen molar-refractivity contribution in [2.45, 2.75) is 6.42 Å². The van der Waals surface area contributed by atoms with Crippen LogP contribution in [0.2, 0.25) is 0 Å². The molecule has 0 saturated heterocycles. The number of hydrogen-bond acceptors (Lipinski definition) is 2. The molecule has 0 aromatic heterocycles. The standard InChI is InChI=1S/C10H13IO2/c1-12-7-4-8-13-10-6-3-2-5-9(10)11/h2-3,5-6H,4,7-8H2,1H3. The summed E-state index contributed by atoms with van der Waals surface area (Å²) in [5.41, 5.74) is 0. The predicted octanol–water partition coefficient (Wildman–Crippen LogP) is 2.71. The highest BCUT2D eigenvalue weighted by atomic mass is 127. The topological polar surface area (TPSA) is 18.5 Å². The Balaban J connectivity index is 2.32. The van der Waals surface area contributed by atoms with Crippen LogP contribution in [0.4, 0.5) is 0 Å². The van der Waals surface area contributed by atoms with Crippen LogP contribution in [0, 0.1) is 3.57 Å². The van der Waals surface area contributed by atoms with Gasteiger partial charge in [0.1, 0.15) is 5.75 Å². The zero-order chi connectivity index (χ0) is 9.52. The molecule has 0 aliphatic rings. The first-order valence-corrected chi connectivity index (χ1v) is 5.28. The number of ether oxygens (including phenoxy) is 2. The summed E-state index contributed by atoms with van der Waals surface area (Å²) in [5, 5.41) is 0. The van der Waals surface area contributed by atoms with E-state index in [2.05, 4.69) is 22.6 Å². The van der Waals surface area contributed by atoms with Crippen LogP contribution >= 0.6 is 22.6 Å². The quantitative estimate of drug-likeness (QED) is 0.613. The van der Waals surface area contributed by atoms with Crippen LogP contribution in [0.5, 0.6) is 5.75 Å². The van der Waals surface area contributed by atoms with Gasteiger partial charge in [-0.1, -0.05) is 12.1 Å². The van der Waals surface area contributed by atoms with Crippen LogP contribution in [0.15, 0.2) is 24.3 Å². The fourth-order valence-corrected chi connectivity index (χ4v) is 1.49. The SMILES string of the molecule is COCCCOc1ccccc1I. The van der Waals surface area contributed by atoms with Gasteiger partial charge < -0.3 is 9.47 Å². The van der Waals surface area contributed by atoms with Crippen molar-refractivity contribution in [2.75, 3.05) is 20.3 Å². The smallest absolute Gasteiger partial charge is 0.132 e. The average molecular weight is 292 g/mol. The third kappa shape index (κ3) is 3.95. The number of hydrogen-bond donors (Lipinski definition) is 0. The van der Waals surface area contributed by atoms with Crippen molar-refractivity contribution < 1.29 is 9.47 Å².